The molecule has 11 heteroatoms. The van der Waals surface area contributed by atoms with Crippen LogP contribution in [0.4, 0.5) is 4.79 Å². The Bertz CT molecular complexity index is 757. The summed E-state index contributed by atoms with van der Waals surface area (Å²) in [4.78, 5) is 25.9. The molecule has 0 aromatic heterocycles. The van der Waals surface area contributed by atoms with Gasteiger partial charge in [-0.15, -0.1) is 0 Å². The third-order valence-corrected chi connectivity index (χ3v) is 6.37. The number of esters is 1. The fourth-order valence-corrected chi connectivity index (χ4v) is 4.41. The number of carbonyl (C=O) groups is 2. The Morgan fingerprint density at radius 1 is 1.20 bits per heavy atom. The van der Waals surface area contributed by atoms with Crippen LogP contribution >= 0.6 is 7.75 Å². The number of rotatable bonds is 7. The molecule has 0 bridgehead atoms. The van der Waals surface area contributed by atoms with Crippen molar-refractivity contribution in [2.45, 2.75) is 39.0 Å². The maximum atomic E-state index is 12.5. The Hall–Kier alpha value is -1.81. The summed E-state index contributed by atoms with van der Waals surface area (Å²) >= 11 is 0. The zero-order valence-corrected chi connectivity index (χ0v) is 18.7. The van der Waals surface area contributed by atoms with Crippen LogP contribution in [0.3, 0.4) is 0 Å². The molecule has 30 heavy (non-hydrogen) atoms. The number of amides is 1. The molecule has 1 aromatic carbocycles. The van der Waals surface area contributed by atoms with Gasteiger partial charge in [0.25, 0.3) is 0 Å². The number of hydrogen-bond acceptors (Lipinski definition) is 8. The fourth-order valence-electron chi connectivity index (χ4n) is 3.45. The van der Waals surface area contributed by atoms with Crippen molar-refractivity contribution in [2.24, 2.45) is 5.92 Å². The van der Waals surface area contributed by atoms with Crippen LogP contribution in [-0.4, -0.2) is 72.6 Å². The van der Waals surface area contributed by atoms with Crippen molar-refractivity contribution in [2.75, 3.05) is 27.3 Å². The van der Waals surface area contributed by atoms with E-state index in [9.17, 15) is 19.3 Å². The highest BCUT2D eigenvalue weighted by atomic mass is 31.2. The van der Waals surface area contributed by atoms with E-state index in [1.807, 2.05) is 20.8 Å². The van der Waals surface area contributed by atoms with Crippen molar-refractivity contribution in [1.82, 2.24) is 15.1 Å². The largest absolute Gasteiger partial charge is 0.418 e. The second-order valence-electron chi connectivity index (χ2n) is 7.43. The maximum Gasteiger partial charge on any atom is 0.418 e. The molecule has 2 N–H and O–H groups in total. The summed E-state index contributed by atoms with van der Waals surface area (Å²) in [5, 5.41) is 15.2. The summed E-state index contributed by atoms with van der Waals surface area (Å²) in [7, 11) is -1.06. The van der Waals surface area contributed by atoms with E-state index in [2.05, 4.69) is 5.20 Å². The lowest BCUT2D eigenvalue weighted by Gasteiger charge is -2.46. The number of ether oxygens (including phenoxy) is 1. The van der Waals surface area contributed by atoms with Crippen LogP contribution in [0, 0.1) is 5.92 Å². The van der Waals surface area contributed by atoms with Gasteiger partial charge in [0.15, 0.2) is 0 Å². The van der Waals surface area contributed by atoms with E-state index < -0.39 is 32.0 Å². The first kappa shape index (κ1) is 24.5. The molecule has 3 unspecified atom stereocenters. The van der Waals surface area contributed by atoms with Crippen LogP contribution in [0.15, 0.2) is 30.3 Å². The number of nitrogens with zero attached hydrogens (tertiary/aromatic N) is 2. The molecular formula is C19H30N3O7P. The number of likely N-dealkylation sites (tertiary alicyclic amines) is 1. The van der Waals surface area contributed by atoms with Gasteiger partial charge >= 0.3 is 19.8 Å². The van der Waals surface area contributed by atoms with E-state index in [-0.39, 0.29) is 30.6 Å². The average molecular weight is 443 g/mol. The van der Waals surface area contributed by atoms with Gasteiger partial charge in [-0.25, -0.2) is 19.2 Å². The number of hydrazine groups is 1. The highest BCUT2D eigenvalue weighted by Crippen LogP contribution is 2.43. The van der Waals surface area contributed by atoms with Gasteiger partial charge in [-0.2, -0.15) is 5.20 Å². The normalized spacial score (nSPS) is 22.4. The third kappa shape index (κ3) is 5.87. The van der Waals surface area contributed by atoms with E-state index in [1.54, 1.807) is 35.3 Å². The number of β-amino-alcohol motifs (C(OH)–C–C–N with tert-alkyl or cyclic N) is 1. The van der Waals surface area contributed by atoms with Gasteiger partial charge in [-0.1, -0.05) is 25.1 Å². The first-order chi connectivity index (χ1) is 14.1. The van der Waals surface area contributed by atoms with Crippen LogP contribution in [0.5, 0.6) is 0 Å². The van der Waals surface area contributed by atoms with Crippen molar-refractivity contribution in [3.05, 3.63) is 35.9 Å². The van der Waals surface area contributed by atoms with E-state index in [1.165, 1.54) is 19.1 Å². The van der Waals surface area contributed by atoms with Gasteiger partial charge in [-0.05, 0) is 31.9 Å². The number of benzene rings is 1. The molecule has 1 aliphatic heterocycles. The Labute approximate surface area is 176 Å². The number of piperidine rings is 1. The first-order valence-corrected chi connectivity index (χ1v) is 11.2. The molecule has 3 atom stereocenters. The molecule has 0 aliphatic carbocycles. The van der Waals surface area contributed by atoms with Gasteiger partial charge in [0.1, 0.15) is 0 Å². The summed E-state index contributed by atoms with van der Waals surface area (Å²) in [6, 6.07) is 7.54. The zero-order valence-electron chi connectivity index (χ0n) is 17.8. The number of carbonyl (C=O) groups excluding carboxylic acids is 2. The summed E-state index contributed by atoms with van der Waals surface area (Å²) in [5.74, 6) is -0.998. The minimum atomic E-state index is -3.58. The monoisotopic (exact) mass is 443 g/mol. The van der Waals surface area contributed by atoms with Crippen molar-refractivity contribution < 1.29 is 33.0 Å². The molecule has 2 rings (SSSR count). The smallest absolute Gasteiger partial charge is 0.390 e. The highest BCUT2D eigenvalue weighted by Gasteiger charge is 2.43. The standard InChI is InChI=1S/C19H30N3O7P/c1-13(2)22(20-30(26,27-4)28-5)17-14(3)11-21(12-16(17)23)19(25)29-18(24)15-9-7-6-8-10-15/h6-10,13-14,16-17,23H,11-12H2,1-5H3,(H,20,26). The van der Waals surface area contributed by atoms with Crippen LogP contribution in [0.2, 0.25) is 0 Å². The molecule has 1 aliphatic rings. The van der Waals surface area contributed by atoms with E-state index >= 15 is 0 Å². The minimum Gasteiger partial charge on any atom is -0.390 e. The zero-order chi connectivity index (χ0) is 22.5. The quantitative estimate of drug-likeness (QED) is 0.283. The number of aliphatic hydroxyl groups is 1. The second kappa shape index (κ2) is 10.5. The van der Waals surface area contributed by atoms with Crippen LogP contribution in [0.25, 0.3) is 0 Å². The molecule has 1 amide bonds. The van der Waals surface area contributed by atoms with Gasteiger partial charge < -0.3 is 14.7 Å². The Morgan fingerprint density at radius 3 is 2.30 bits per heavy atom. The minimum absolute atomic E-state index is 0.0505. The summed E-state index contributed by atoms with van der Waals surface area (Å²) < 4.78 is 27.4. The number of nitrogens with one attached hydrogen (secondary N) is 1. The fraction of sp³-hybridized carbons (Fsp3) is 0.579. The molecule has 1 saturated heterocycles. The summed E-state index contributed by atoms with van der Waals surface area (Å²) in [6.45, 7) is 5.75. The summed E-state index contributed by atoms with van der Waals surface area (Å²) in [5.41, 5.74) is 0.263. The van der Waals surface area contributed by atoms with Crippen LogP contribution < -0.4 is 5.20 Å². The maximum absolute atomic E-state index is 12.5. The first-order valence-electron chi connectivity index (χ1n) is 9.63. The average Bonchev–Trinajstić information content (AvgIpc) is 2.72. The summed E-state index contributed by atoms with van der Waals surface area (Å²) in [6.07, 6.45) is -1.82. The van der Waals surface area contributed by atoms with Crippen molar-refractivity contribution in [3.8, 4) is 0 Å². The Morgan fingerprint density at radius 2 is 1.80 bits per heavy atom. The van der Waals surface area contributed by atoms with Gasteiger partial charge in [0, 0.05) is 26.8 Å². The molecule has 1 aromatic rings. The predicted octanol–water partition coefficient (Wildman–Crippen LogP) is 2.26. The molecule has 0 radical (unpaired) electrons. The number of hydrogen-bond donors (Lipinski definition) is 2. The predicted molar refractivity (Wildman–Crippen MR) is 110 cm³/mol. The lowest BCUT2D eigenvalue weighted by Crippen LogP contribution is -2.63. The van der Waals surface area contributed by atoms with Gasteiger partial charge in [0.2, 0.25) is 0 Å². The number of aliphatic hydroxyl groups excluding tert-OH is 1. The molecule has 168 valence electrons. The molecule has 0 spiro atoms. The molecule has 1 fully saturated rings. The van der Waals surface area contributed by atoms with E-state index in [0.717, 1.165) is 0 Å². The molecule has 0 saturated carbocycles. The van der Waals surface area contributed by atoms with Crippen LogP contribution in [-0.2, 0) is 18.3 Å². The molecule has 10 nitrogen and oxygen atoms in total. The molecular weight excluding hydrogens is 413 g/mol. The second-order valence-corrected chi connectivity index (χ2v) is 9.35. The topological polar surface area (TPSA) is 118 Å². The molecule has 1 heterocycles. The Balaban J connectivity index is 2.08. The van der Waals surface area contributed by atoms with Crippen molar-refractivity contribution in [1.29, 1.82) is 0 Å². The van der Waals surface area contributed by atoms with Crippen molar-refractivity contribution >= 4 is 19.8 Å². The van der Waals surface area contributed by atoms with Crippen LogP contribution in [0.1, 0.15) is 31.1 Å². The van der Waals surface area contributed by atoms with E-state index in [0.29, 0.717) is 0 Å². The van der Waals surface area contributed by atoms with Crippen molar-refractivity contribution in [3.63, 3.8) is 0 Å². The SMILES string of the molecule is COP(=O)(NN(C(C)C)C1C(C)CN(C(=O)OC(=O)c2ccccc2)CC1O)OC. The van der Waals surface area contributed by atoms with Gasteiger partial charge in [0.05, 0.1) is 24.3 Å². The lowest BCUT2D eigenvalue weighted by molar-refractivity contribution is -0.0609. The Kier molecular flexibility index (Phi) is 8.54. The van der Waals surface area contributed by atoms with Gasteiger partial charge in [-0.3, -0.25) is 9.05 Å². The highest BCUT2D eigenvalue weighted by molar-refractivity contribution is 7.51. The van der Waals surface area contributed by atoms with E-state index in [4.69, 9.17) is 13.8 Å². The lowest BCUT2D eigenvalue weighted by atomic mass is 9.90. The third-order valence-electron chi connectivity index (χ3n) is 4.94.